The Kier molecular flexibility index (Phi) is 3.57. The van der Waals surface area contributed by atoms with Crippen molar-refractivity contribution in [3.63, 3.8) is 0 Å². The summed E-state index contributed by atoms with van der Waals surface area (Å²) in [6, 6.07) is 6.23. The minimum atomic E-state index is 0.480. The zero-order valence-corrected chi connectivity index (χ0v) is 12.0. The van der Waals surface area contributed by atoms with Crippen LogP contribution in [-0.4, -0.2) is 12.1 Å². The van der Waals surface area contributed by atoms with Crippen LogP contribution in [0.1, 0.15) is 31.0 Å². The fourth-order valence-electron chi connectivity index (χ4n) is 1.78. The third-order valence-electron chi connectivity index (χ3n) is 2.95. The van der Waals surface area contributed by atoms with E-state index in [2.05, 4.69) is 31.0 Å². The topological polar surface area (TPSA) is 48.1 Å². The number of thiazole rings is 1. The van der Waals surface area contributed by atoms with Gasteiger partial charge in [0.25, 0.3) is 0 Å². The van der Waals surface area contributed by atoms with Crippen LogP contribution in [0.2, 0.25) is 0 Å². The summed E-state index contributed by atoms with van der Waals surface area (Å²) in [6.07, 6.45) is 0. The van der Waals surface area contributed by atoms with Gasteiger partial charge in [-0.15, -0.1) is 0 Å². The van der Waals surface area contributed by atoms with E-state index >= 15 is 0 Å². The number of nitrogens with two attached hydrogens (primary N) is 1. The highest BCUT2D eigenvalue weighted by Gasteiger charge is 2.13. The molecule has 0 radical (unpaired) electrons. The summed E-state index contributed by atoms with van der Waals surface area (Å²) >= 11 is 1.50. The predicted molar refractivity (Wildman–Crippen MR) is 77.3 cm³/mol. The number of hydrogen-bond donors (Lipinski definition) is 1. The average molecular weight is 262 g/mol. The second kappa shape index (κ2) is 4.98. The van der Waals surface area contributed by atoms with Crippen LogP contribution < -0.4 is 10.5 Å². The minimum Gasteiger partial charge on any atom is -0.496 e. The molecule has 2 aromatic rings. The molecule has 1 aromatic carbocycles. The van der Waals surface area contributed by atoms with Crippen molar-refractivity contribution in [3.05, 3.63) is 29.5 Å². The zero-order valence-electron chi connectivity index (χ0n) is 11.2. The van der Waals surface area contributed by atoms with Crippen LogP contribution in [-0.2, 0) is 0 Å². The Hall–Kier alpha value is -1.55. The number of ether oxygens (including phenoxy) is 1. The number of methoxy groups -OCH3 is 1. The van der Waals surface area contributed by atoms with Crippen LogP contribution in [0.5, 0.6) is 5.75 Å². The molecule has 0 aliphatic carbocycles. The maximum Gasteiger partial charge on any atom is 0.129 e. The molecule has 0 fully saturated rings. The monoisotopic (exact) mass is 262 g/mol. The van der Waals surface area contributed by atoms with Crippen LogP contribution in [0.4, 0.5) is 5.00 Å². The summed E-state index contributed by atoms with van der Waals surface area (Å²) in [5, 5.41) is 1.69. The first-order valence-electron chi connectivity index (χ1n) is 5.94. The molecule has 18 heavy (non-hydrogen) atoms. The number of benzene rings is 1. The third-order valence-corrected chi connectivity index (χ3v) is 3.97. The van der Waals surface area contributed by atoms with Gasteiger partial charge < -0.3 is 10.5 Å². The molecule has 0 amide bonds. The van der Waals surface area contributed by atoms with Crippen LogP contribution in [0, 0.1) is 6.92 Å². The smallest absolute Gasteiger partial charge is 0.129 e. The fourth-order valence-corrected chi connectivity index (χ4v) is 2.63. The molecule has 2 N–H and O–H groups in total. The Morgan fingerprint density at radius 1 is 1.33 bits per heavy atom. The third kappa shape index (κ3) is 2.34. The SMILES string of the molecule is COc1ccc(C(C)C)cc1-c1nc(C)c(N)s1. The average Bonchev–Trinajstić information content (AvgIpc) is 2.68. The second-order valence-electron chi connectivity index (χ2n) is 4.58. The van der Waals surface area contributed by atoms with Crippen molar-refractivity contribution in [2.45, 2.75) is 26.7 Å². The minimum absolute atomic E-state index is 0.480. The summed E-state index contributed by atoms with van der Waals surface area (Å²) in [6.45, 7) is 6.27. The molecule has 0 aliphatic heterocycles. The standard InChI is InChI=1S/C14H18N2OS/c1-8(2)10-5-6-12(17-4)11(7-10)14-16-9(3)13(15)18-14/h5-8H,15H2,1-4H3. The number of anilines is 1. The summed E-state index contributed by atoms with van der Waals surface area (Å²) in [7, 11) is 1.68. The highest BCUT2D eigenvalue weighted by molar-refractivity contribution is 7.18. The first kappa shape index (κ1) is 12.9. The normalized spacial score (nSPS) is 10.9. The lowest BCUT2D eigenvalue weighted by Gasteiger charge is -2.11. The van der Waals surface area contributed by atoms with Crippen molar-refractivity contribution < 1.29 is 4.74 Å². The van der Waals surface area contributed by atoms with Crippen molar-refractivity contribution in [2.24, 2.45) is 0 Å². The molecule has 0 aliphatic rings. The number of aryl methyl sites for hydroxylation is 1. The maximum atomic E-state index is 5.88. The van der Waals surface area contributed by atoms with Gasteiger partial charge in [-0.1, -0.05) is 31.3 Å². The van der Waals surface area contributed by atoms with Gasteiger partial charge >= 0.3 is 0 Å². The molecule has 0 unspecified atom stereocenters. The molecule has 0 spiro atoms. The van der Waals surface area contributed by atoms with Crippen molar-refractivity contribution >= 4 is 16.3 Å². The van der Waals surface area contributed by atoms with Gasteiger partial charge in [-0.05, 0) is 30.5 Å². The van der Waals surface area contributed by atoms with Gasteiger partial charge in [0.2, 0.25) is 0 Å². The maximum absolute atomic E-state index is 5.88. The van der Waals surface area contributed by atoms with Crippen LogP contribution in [0.15, 0.2) is 18.2 Å². The van der Waals surface area contributed by atoms with Crippen LogP contribution in [0.25, 0.3) is 10.6 Å². The molecule has 1 aromatic heterocycles. The molecule has 4 heteroatoms. The van der Waals surface area contributed by atoms with Gasteiger partial charge in [-0.25, -0.2) is 4.98 Å². The molecule has 3 nitrogen and oxygen atoms in total. The van der Waals surface area contributed by atoms with Gasteiger partial charge in [-0.3, -0.25) is 0 Å². The van der Waals surface area contributed by atoms with Gasteiger partial charge in [0.15, 0.2) is 0 Å². The zero-order chi connectivity index (χ0) is 13.3. The Morgan fingerprint density at radius 3 is 2.56 bits per heavy atom. The molecule has 2 rings (SSSR count). The molecule has 0 saturated heterocycles. The van der Waals surface area contributed by atoms with E-state index in [0.29, 0.717) is 5.92 Å². The van der Waals surface area contributed by atoms with E-state index in [1.54, 1.807) is 7.11 Å². The predicted octanol–water partition coefficient (Wildman–Crippen LogP) is 3.83. The van der Waals surface area contributed by atoms with Crippen molar-refractivity contribution in [2.75, 3.05) is 12.8 Å². The second-order valence-corrected chi connectivity index (χ2v) is 5.61. The molecule has 0 atom stereocenters. The summed E-state index contributed by atoms with van der Waals surface area (Å²) in [4.78, 5) is 4.50. The number of aromatic nitrogens is 1. The summed E-state index contributed by atoms with van der Waals surface area (Å²) in [5.41, 5.74) is 9.06. The van der Waals surface area contributed by atoms with E-state index in [1.807, 2.05) is 13.0 Å². The highest BCUT2D eigenvalue weighted by Crippen LogP contribution is 2.37. The van der Waals surface area contributed by atoms with Crippen LogP contribution in [0.3, 0.4) is 0 Å². The Morgan fingerprint density at radius 2 is 2.06 bits per heavy atom. The van der Waals surface area contributed by atoms with Gasteiger partial charge in [0.05, 0.1) is 18.4 Å². The van der Waals surface area contributed by atoms with E-state index in [-0.39, 0.29) is 0 Å². The number of nitrogen functional groups attached to an aromatic ring is 1. The number of nitrogens with zero attached hydrogens (tertiary/aromatic N) is 1. The Labute approximate surface area is 112 Å². The van der Waals surface area contributed by atoms with E-state index in [1.165, 1.54) is 16.9 Å². The Balaban J connectivity index is 2.56. The fraction of sp³-hybridized carbons (Fsp3) is 0.357. The first-order valence-corrected chi connectivity index (χ1v) is 6.75. The van der Waals surface area contributed by atoms with Crippen molar-refractivity contribution in [1.29, 1.82) is 0 Å². The lowest BCUT2D eigenvalue weighted by atomic mass is 10.0. The quantitative estimate of drug-likeness (QED) is 0.914. The molecule has 0 bridgehead atoms. The molecular formula is C14H18N2OS. The van der Waals surface area contributed by atoms with E-state index in [9.17, 15) is 0 Å². The number of rotatable bonds is 3. The molecule has 1 heterocycles. The Bertz CT molecular complexity index is 541. The van der Waals surface area contributed by atoms with Crippen molar-refractivity contribution in [3.8, 4) is 16.3 Å². The number of hydrogen-bond acceptors (Lipinski definition) is 4. The van der Waals surface area contributed by atoms with Gasteiger partial charge in [0.1, 0.15) is 15.8 Å². The van der Waals surface area contributed by atoms with E-state index in [0.717, 1.165) is 27.0 Å². The van der Waals surface area contributed by atoms with E-state index in [4.69, 9.17) is 10.5 Å². The van der Waals surface area contributed by atoms with Crippen LogP contribution >= 0.6 is 11.3 Å². The van der Waals surface area contributed by atoms with Gasteiger partial charge in [-0.2, -0.15) is 0 Å². The summed E-state index contributed by atoms with van der Waals surface area (Å²) < 4.78 is 5.41. The molecule has 96 valence electrons. The van der Waals surface area contributed by atoms with Crippen molar-refractivity contribution in [1.82, 2.24) is 4.98 Å². The molecule has 0 saturated carbocycles. The highest BCUT2D eigenvalue weighted by atomic mass is 32.1. The molecular weight excluding hydrogens is 244 g/mol. The first-order chi connectivity index (χ1) is 8.52. The van der Waals surface area contributed by atoms with E-state index < -0.39 is 0 Å². The van der Waals surface area contributed by atoms with Gasteiger partial charge in [0, 0.05) is 0 Å². The summed E-state index contributed by atoms with van der Waals surface area (Å²) in [5.74, 6) is 1.32. The lowest BCUT2D eigenvalue weighted by molar-refractivity contribution is 0.416. The lowest BCUT2D eigenvalue weighted by Crippen LogP contribution is -1.92. The largest absolute Gasteiger partial charge is 0.496 e.